The van der Waals surface area contributed by atoms with Gasteiger partial charge >= 0.3 is 0 Å². The minimum absolute atomic E-state index is 0.0320. The molecule has 0 radical (unpaired) electrons. The Morgan fingerprint density at radius 2 is 2.04 bits per heavy atom. The zero-order chi connectivity index (χ0) is 17.8. The zero-order valence-electron chi connectivity index (χ0n) is 15.0. The van der Waals surface area contributed by atoms with Gasteiger partial charge in [-0.15, -0.1) is 0 Å². The molecule has 1 saturated carbocycles. The second kappa shape index (κ2) is 7.93. The average molecular weight is 359 g/mol. The smallest absolute Gasteiger partial charge is 0.251 e. The molecular weight excluding hydrogens is 334 g/mol. The number of hydrogen-bond donors (Lipinski definition) is 2. The quantitative estimate of drug-likeness (QED) is 0.794. The van der Waals surface area contributed by atoms with E-state index in [1.54, 1.807) is 0 Å². The number of likely N-dealkylation sites (N-methyl/N-ethyl adjacent to an activating group) is 1. The lowest BCUT2D eigenvalue weighted by Gasteiger charge is -2.36. The third kappa shape index (κ3) is 4.76. The van der Waals surface area contributed by atoms with Crippen LogP contribution in [0, 0.1) is 6.92 Å². The molecule has 1 heterocycles. The molecule has 3 rings (SSSR count). The molecule has 6 nitrogen and oxygen atoms in total. The standard InChI is InChI=1S/C18H25N5OS/c1-12-19-18(25-22-12)21-15-10-14(11-15)20-17(24)16-7-5-4-6-13(16)8-9-23(2)3/h4-7,14-15H,8-11H2,1-3H3,(H,20,24)(H,19,21,22). The van der Waals surface area contributed by atoms with E-state index in [1.165, 1.54) is 11.5 Å². The van der Waals surface area contributed by atoms with Crippen molar-refractivity contribution in [2.75, 3.05) is 26.0 Å². The summed E-state index contributed by atoms with van der Waals surface area (Å²) in [5.74, 6) is 0.829. The van der Waals surface area contributed by atoms with Gasteiger partial charge in [0.15, 0.2) is 0 Å². The largest absolute Gasteiger partial charge is 0.357 e. The molecule has 7 heteroatoms. The van der Waals surface area contributed by atoms with Crippen molar-refractivity contribution >= 4 is 22.6 Å². The van der Waals surface area contributed by atoms with Crippen molar-refractivity contribution in [3.05, 3.63) is 41.2 Å². The number of nitrogens with zero attached hydrogens (tertiary/aromatic N) is 3. The summed E-state index contributed by atoms with van der Waals surface area (Å²) in [6.45, 7) is 2.82. The van der Waals surface area contributed by atoms with Gasteiger partial charge < -0.3 is 15.5 Å². The molecule has 1 amide bonds. The van der Waals surface area contributed by atoms with Crippen LogP contribution in [0.3, 0.4) is 0 Å². The molecule has 134 valence electrons. The average Bonchev–Trinajstić information content (AvgIpc) is 2.96. The van der Waals surface area contributed by atoms with Gasteiger partial charge in [-0.25, -0.2) is 4.98 Å². The summed E-state index contributed by atoms with van der Waals surface area (Å²) >= 11 is 1.39. The fourth-order valence-corrected chi connectivity index (χ4v) is 3.60. The molecule has 1 aromatic carbocycles. The zero-order valence-corrected chi connectivity index (χ0v) is 15.8. The molecule has 0 unspecified atom stereocenters. The Balaban J connectivity index is 1.50. The summed E-state index contributed by atoms with van der Waals surface area (Å²) in [6, 6.07) is 8.47. The summed E-state index contributed by atoms with van der Waals surface area (Å²) in [4.78, 5) is 19.1. The third-order valence-corrected chi connectivity index (χ3v) is 5.16. The van der Waals surface area contributed by atoms with E-state index in [0.29, 0.717) is 6.04 Å². The van der Waals surface area contributed by atoms with Crippen LogP contribution in [0.25, 0.3) is 0 Å². The highest BCUT2D eigenvalue weighted by atomic mass is 32.1. The number of carbonyl (C=O) groups is 1. The number of nitrogens with one attached hydrogen (secondary N) is 2. The van der Waals surface area contributed by atoms with E-state index < -0.39 is 0 Å². The maximum atomic E-state index is 12.6. The van der Waals surface area contributed by atoms with Crippen LogP contribution in [0.1, 0.15) is 34.6 Å². The fraction of sp³-hybridized carbons (Fsp3) is 0.500. The molecule has 2 N–H and O–H groups in total. The van der Waals surface area contributed by atoms with E-state index in [1.807, 2.05) is 45.3 Å². The number of anilines is 1. The monoisotopic (exact) mass is 359 g/mol. The molecule has 2 aromatic rings. The Hall–Kier alpha value is -1.99. The molecule has 0 atom stereocenters. The first-order chi connectivity index (χ1) is 12.0. The van der Waals surface area contributed by atoms with Crippen molar-refractivity contribution in [2.24, 2.45) is 0 Å². The number of benzene rings is 1. The molecule has 1 fully saturated rings. The van der Waals surface area contributed by atoms with Crippen LogP contribution in [0.5, 0.6) is 0 Å². The van der Waals surface area contributed by atoms with Gasteiger partial charge in [-0.05, 0) is 51.9 Å². The highest BCUT2D eigenvalue weighted by Gasteiger charge is 2.31. The van der Waals surface area contributed by atoms with Crippen molar-refractivity contribution in [3.8, 4) is 0 Å². The van der Waals surface area contributed by atoms with E-state index in [2.05, 4.69) is 24.9 Å². The van der Waals surface area contributed by atoms with E-state index in [4.69, 9.17) is 0 Å². The number of amides is 1. The molecule has 1 aromatic heterocycles. The van der Waals surface area contributed by atoms with Crippen LogP contribution in [0.15, 0.2) is 24.3 Å². The Morgan fingerprint density at radius 1 is 1.28 bits per heavy atom. The minimum atomic E-state index is 0.0320. The van der Waals surface area contributed by atoms with Crippen molar-refractivity contribution in [1.29, 1.82) is 0 Å². The number of aryl methyl sites for hydroxylation is 1. The molecule has 0 saturated heterocycles. The van der Waals surface area contributed by atoms with Crippen molar-refractivity contribution in [1.82, 2.24) is 19.6 Å². The van der Waals surface area contributed by atoms with Gasteiger partial charge in [0.25, 0.3) is 5.91 Å². The first-order valence-electron chi connectivity index (χ1n) is 8.61. The number of hydrogen-bond acceptors (Lipinski definition) is 6. The molecular formula is C18H25N5OS. The van der Waals surface area contributed by atoms with E-state index in [0.717, 1.165) is 47.9 Å². The lowest BCUT2D eigenvalue weighted by molar-refractivity contribution is 0.0912. The van der Waals surface area contributed by atoms with E-state index >= 15 is 0 Å². The van der Waals surface area contributed by atoms with Crippen LogP contribution < -0.4 is 10.6 Å². The normalized spacial score (nSPS) is 19.5. The minimum Gasteiger partial charge on any atom is -0.357 e. The molecule has 1 aliphatic carbocycles. The molecule has 1 aliphatic rings. The molecule has 0 spiro atoms. The maximum Gasteiger partial charge on any atom is 0.251 e. The van der Waals surface area contributed by atoms with Gasteiger partial charge in [0, 0.05) is 35.7 Å². The summed E-state index contributed by atoms with van der Waals surface area (Å²) in [5.41, 5.74) is 1.90. The SMILES string of the molecule is Cc1nsc(NC2CC(NC(=O)c3ccccc3CCN(C)C)C2)n1. The lowest BCUT2D eigenvalue weighted by atomic mass is 9.86. The van der Waals surface area contributed by atoms with Crippen molar-refractivity contribution < 1.29 is 4.79 Å². The van der Waals surface area contributed by atoms with E-state index in [9.17, 15) is 4.79 Å². The number of aromatic nitrogens is 2. The first-order valence-corrected chi connectivity index (χ1v) is 9.39. The second-order valence-corrected chi connectivity index (χ2v) is 7.59. The van der Waals surface area contributed by atoms with Gasteiger partial charge in [-0.1, -0.05) is 18.2 Å². The van der Waals surface area contributed by atoms with Gasteiger partial charge in [0.1, 0.15) is 5.82 Å². The Kier molecular flexibility index (Phi) is 5.65. The van der Waals surface area contributed by atoms with Gasteiger partial charge in [-0.3, -0.25) is 4.79 Å². The summed E-state index contributed by atoms with van der Waals surface area (Å²) in [6.07, 6.45) is 2.72. The molecule has 25 heavy (non-hydrogen) atoms. The van der Waals surface area contributed by atoms with Crippen LogP contribution in [-0.4, -0.2) is 52.9 Å². The van der Waals surface area contributed by atoms with Crippen LogP contribution >= 0.6 is 11.5 Å². The Bertz CT molecular complexity index is 724. The lowest BCUT2D eigenvalue weighted by Crippen LogP contribution is -2.49. The number of rotatable bonds is 7. The summed E-state index contributed by atoms with van der Waals surface area (Å²) in [5, 5.41) is 7.39. The van der Waals surface area contributed by atoms with Gasteiger partial charge in [0.05, 0.1) is 0 Å². The summed E-state index contributed by atoms with van der Waals surface area (Å²) < 4.78 is 4.17. The fourth-order valence-electron chi connectivity index (χ4n) is 2.95. The molecule has 0 aliphatic heterocycles. The molecule has 0 bridgehead atoms. The Labute approximate surface area is 152 Å². The summed E-state index contributed by atoms with van der Waals surface area (Å²) in [7, 11) is 4.09. The predicted molar refractivity (Wildman–Crippen MR) is 101 cm³/mol. The maximum absolute atomic E-state index is 12.6. The van der Waals surface area contributed by atoms with Gasteiger partial charge in [0.2, 0.25) is 5.13 Å². The predicted octanol–water partition coefficient (Wildman–Crippen LogP) is 2.32. The van der Waals surface area contributed by atoms with Crippen molar-refractivity contribution in [3.63, 3.8) is 0 Å². The van der Waals surface area contributed by atoms with Crippen LogP contribution in [0.2, 0.25) is 0 Å². The van der Waals surface area contributed by atoms with E-state index in [-0.39, 0.29) is 11.9 Å². The number of carbonyl (C=O) groups excluding carboxylic acids is 1. The first kappa shape index (κ1) is 17.8. The topological polar surface area (TPSA) is 70.2 Å². The third-order valence-electron chi connectivity index (χ3n) is 4.42. The van der Waals surface area contributed by atoms with Crippen LogP contribution in [0.4, 0.5) is 5.13 Å². The van der Waals surface area contributed by atoms with Gasteiger partial charge in [-0.2, -0.15) is 4.37 Å². The highest BCUT2D eigenvalue weighted by molar-refractivity contribution is 7.09. The highest BCUT2D eigenvalue weighted by Crippen LogP contribution is 2.25. The second-order valence-electron chi connectivity index (χ2n) is 6.84. The Morgan fingerprint density at radius 3 is 2.72 bits per heavy atom. The van der Waals surface area contributed by atoms with Crippen molar-refractivity contribution in [2.45, 2.75) is 38.3 Å². The van der Waals surface area contributed by atoms with Crippen LogP contribution in [-0.2, 0) is 6.42 Å².